The Hall–Kier alpha value is -0.0800. The van der Waals surface area contributed by atoms with Gasteiger partial charge in [-0.1, -0.05) is 39.5 Å². The molecule has 4 unspecified atom stereocenters. The number of nitrogens with zero attached hydrogens (tertiary/aromatic N) is 1. The number of hydrogen-bond donors (Lipinski definition) is 1. The van der Waals surface area contributed by atoms with Crippen molar-refractivity contribution in [2.24, 2.45) is 17.6 Å². The second-order valence-corrected chi connectivity index (χ2v) is 6.83. The van der Waals surface area contributed by atoms with E-state index in [9.17, 15) is 0 Å². The van der Waals surface area contributed by atoms with E-state index in [1.54, 1.807) is 0 Å². The highest BCUT2D eigenvalue weighted by Gasteiger charge is 2.36. The molecule has 1 aliphatic carbocycles. The fourth-order valence-corrected chi connectivity index (χ4v) is 4.45. The maximum Gasteiger partial charge on any atom is 0.0141 e. The quantitative estimate of drug-likeness (QED) is 0.820. The summed E-state index contributed by atoms with van der Waals surface area (Å²) in [4.78, 5) is 2.88. The molecule has 1 saturated heterocycles. The van der Waals surface area contributed by atoms with Crippen molar-refractivity contribution in [3.63, 3.8) is 0 Å². The van der Waals surface area contributed by atoms with Crippen LogP contribution < -0.4 is 5.73 Å². The second-order valence-electron chi connectivity index (χ2n) is 6.83. The van der Waals surface area contributed by atoms with Gasteiger partial charge < -0.3 is 5.73 Å². The van der Waals surface area contributed by atoms with E-state index in [0.717, 1.165) is 30.5 Å². The third-order valence-corrected chi connectivity index (χ3v) is 5.67. The van der Waals surface area contributed by atoms with E-state index in [4.69, 9.17) is 5.73 Å². The maximum absolute atomic E-state index is 6.08. The van der Waals surface area contributed by atoms with Gasteiger partial charge in [-0.25, -0.2) is 0 Å². The summed E-state index contributed by atoms with van der Waals surface area (Å²) >= 11 is 0. The van der Waals surface area contributed by atoms with Crippen LogP contribution in [0.25, 0.3) is 0 Å². The zero-order valence-electron chi connectivity index (χ0n) is 13.1. The lowest BCUT2D eigenvalue weighted by Gasteiger charge is -2.48. The van der Waals surface area contributed by atoms with Crippen molar-refractivity contribution in [1.29, 1.82) is 0 Å². The molecule has 112 valence electrons. The Kier molecular flexibility index (Phi) is 6.15. The third kappa shape index (κ3) is 3.72. The molecule has 1 saturated carbocycles. The van der Waals surface area contributed by atoms with Crippen LogP contribution in [0.4, 0.5) is 0 Å². The molecule has 0 aromatic heterocycles. The van der Waals surface area contributed by atoms with Gasteiger partial charge in [-0.2, -0.15) is 0 Å². The molecule has 1 heterocycles. The normalized spacial score (nSPS) is 37.4. The minimum atomic E-state index is 0.764. The van der Waals surface area contributed by atoms with Crippen LogP contribution in [0.15, 0.2) is 0 Å². The first-order chi connectivity index (χ1) is 9.30. The molecular weight excluding hydrogens is 232 g/mol. The van der Waals surface area contributed by atoms with Crippen molar-refractivity contribution < 1.29 is 0 Å². The van der Waals surface area contributed by atoms with Gasteiger partial charge in [0.1, 0.15) is 0 Å². The van der Waals surface area contributed by atoms with Crippen LogP contribution >= 0.6 is 0 Å². The molecule has 0 spiro atoms. The molecule has 2 aliphatic rings. The van der Waals surface area contributed by atoms with E-state index in [2.05, 4.69) is 18.7 Å². The SMILES string of the molecule is CCCC1CCCCN1C1CC(CC)CCC1CN. The number of hydrogen-bond acceptors (Lipinski definition) is 2. The number of rotatable bonds is 5. The van der Waals surface area contributed by atoms with Crippen LogP contribution in [0, 0.1) is 11.8 Å². The van der Waals surface area contributed by atoms with Gasteiger partial charge in [0.25, 0.3) is 0 Å². The smallest absolute Gasteiger partial charge is 0.0141 e. The molecule has 0 bridgehead atoms. The highest BCUT2D eigenvalue weighted by atomic mass is 15.2. The average molecular weight is 266 g/mol. The Morgan fingerprint density at radius 3 is 2.63 bits per heavy atom. The summed E-state index contributed by atoms with van der Waals surface area (Å²) in [6.45, 7) is 6.94. The van der Waals surface area contributed by atoms with Crippen molar-refractivity contribution in [2.45, 2.75) is 83.7 Å². The maximum atomic E-state index is 6.08. The Morgan fingerprint density at radius 1 is 1.11 bits per heavy atom. The fourth-order valence-electron chi connectivity index (χ4n) is 4.45. The highest BCUT2D eigenvalue weighted by Crippen LogP contribution is 2.37. The Morgan fingerprint density at radius 2 is 1.95 bits per heavy atom. The molecule has 1 aliphatic heterocycles. The van der Waals surface area contributed by atoms with E-state index >= 15 is 0 Å². The number of nitrogens with two attached hydrogens (primary N) is 1. The van der Waals surface area contributed by atoms with E-state index in [0.29, 0.717) is 0 Å². The van der Waals surface area contributed by atoms with E-state index in [-0.39, 0.29) is 0 Å². The van der Waals surface area contributed by atoms with E-state index in [1.165, 1.54) is 64.3 Å². The molecule has 2 N–H and O–H groups in total. The van der Waals surface area contributed by atoms with Crippen molar-refractivity contribution in [3.05, 3.63) is 0 Å². The number of likely N-dealkylation sites (tertiary alicyclic amines) is 1. The van der Waals surface area contributed by atoms with Crippen LogP contribution in [0.5, 0.6) is 0 Å². The zero-order valence-corrected chi connectivity index (χ0v) is 13.1. The number of piperidine rings is 1. The largest absolute Gasteiger partial charge is 0.330 e. The molecule has 2 fully saturated rings. The van der Waals surface area contributed by atoms with Crippen molar-refractivity contribution in [1.82, 2.24) is 4.90 Å². The standard InChI is InChI=1S/C17H34N2/c1-3-7-16-8-5-6-11-19(16)17-12-14(4-2)9-10-15(17)13-18/h14-17H,3-13,18H2,1-2H3. The predicted molar refractivity (Wildman–Crippen MR) is 83.2 cm³/mol. The highest BCUT2D eigenvalue weighted by molar-refractivity contribution is 4.91. The predicted octanol–water partition coefficient (Wildman–Crippen LogP) is 3.79. The van der Waals surface area contributed by atoms with Gasteiger partial charge in [-0.15, -0.1) is 0 Å². The van der Waals surface area contributed by atoms with Gasteiger partial charge >= 0.3 is 0 Å². The lowest BCUT2D eigenvalue weighted by atomic mass is 9.75. The van der Waals surface area contributed by atoms with Gasteiger partial charge in [0.15, 0.2) is 0 Å². The molecule has 2 rings (SSSR count). The monoisotopic (exact) mass is 266 g/mol. The topological polar surface area (TPSA) is 29.3 Å². The van der Waals surface area contributed by atoms with Crippen LogP contribution in [0.2, 0.25) is 0 Å². The molecule has 2 nitrogen and oxygen atoms in total. The Balaban J connectivity index is 2.05. The summed E-state index contributed by atoms with van der Waals surface area (Å²) < 4.78 is 0. The Labute approximate surface area is 120 Å². The molecule has 4 atom stereocenters. The van der Waals surface area contributed by atoms with Gasteiger partial charge in [0.2, 0.25) is 0 Å². The van der Waals surface area contributed by atoms with Gasteiger partial charge in [0.05, 0.1) is 0 Å². The van der Waals surface area contributed by atoms with Gasteiger partial charge in [-0.05, 0) is 57.0 Å². The summed E-state index contributed by atoms with van der Waals surface area (Å²) in [5, 5.41) is 0. The van der Waals surface area contributed by atoms with Crippen LogP contribution in [-0.4, -0.2) is 30.1 Å². The summed E-state index contributed by atoms with van der Waals surface area (Å²) in [5.41, 5.74) is 6.08. The van der Waals surface area contributed by atoms with Crippen molar-refractivity contribution in [2.75, 3.05) is 13.1 Å². The summed E-state index contributed by atoms with van der Waals surface area (Å²) in [7, 11) is 0. The van der Waals surface area contributed by atoms with Gasteiger partial charge in [0, 0.05) is 12.1 Å². The first kappa shape index (κ1) is 15.3. The second kappa shape index (κ2) is 7.64. The van der Waals surface area contributed by atoms with Crippen molar-refractivity contribution in [3.8, 4) is 0 Å². The summed E-state index contributed by atoms with van der Waals surface area (Å²) in [5.74, 6) is 1.72. The first-order valence-corrected chi connectivity index (χ1v) is 8.75. The third-order valence-electron chi connectivity index (χ3n) is 5.67. The van der Waals surface area contributed by atoms with E-state index < -0.39 is 0 Å². The molecule has 19 heavy (non-hydrogen) atoms. The molecule has 0 aromatic carbocycles. The van der Waals surface area contributed by atoms with Crippen LogP contribution in [-0.2, 0) is 0 Å². The average Bonchev–Trinajstić information content (AvgIpc) is 2.47. The van der Waals surface area contributed by atoms with Crippen LogP contribution in [0.1, 0.15) is 71.6 Å². The molecule has 2 heteroatoms. The van der Waals surface area contributed by atoms with Gasteiger partial charge in [-0.3, -0.25) is 4.90 Å². The van der Waals surface area contributed by atoms with Crippen LogP contribution in [0.3, 0.4) is 0 Å². The minimum Gasteiger partial charge on any atom is -0.330 e. The summed E-state index contributed by atoms with van der Waals surface area (Å²) in [6.07, 6.45) is 12.6. The minimum absolute atomic E-state index is 0.764. The summed E-state index contributed by atoms with van der Waals surface area (Å²) in [6, 6.07) is 1.65. The molecule has 0 radical (unpaired) electrons. The molecular formula is C17H34N2. The molecule has 0 amide bonds. The Bertz CT molecular complexity index is 252. The zero-order chi connectivity index (χ0) is 13.7. The first-order valence-electron chi connectivity index (χ1n) is 8.75. The fraction of sp³-hybridized carbons (Fsp3) is 1.00. The molecule has 0 aromatic rings. The van der Waals surface area contributed by atoms with E-state index in [1.807, 2.05) is 0 Å². The lowest BCUT2D eigenvalue weighted by Crippen LogP contribution is -2.53. The van der Waals surface area contributed by atoms with Crippen molar-refractivity contribution >= 4 is 0 Å². The lowest BCUT2D eigenvalue weighted by molar-refractivity contribution is 0.0214.